The molecule has 0 heterocycles. The van der Waals surface area contributed by atoms with Crippen molar-refractivity contribution in [1.82, 2.24) is 5.32 Å². The van der Waals surface area contributed by atoms with Crippen molar-refractivity contribution in [3.63, 3.8) is 0 Å². The Kier molecular flexibility index (Phi) is 50.1. The first-order valence-electron chi connectivity index (χ1n) is 27.7. The lowest BCUT2D eigenvalue weighted by Crippen LogP contribution is -2.46. The summed E-state index contributed by atoms with van der Waals surface area (Å²) in [5.41, 5.74) is 0. The number of allylic oxidation sites excluding steroid dienone is 12. The van der Waals surface area contributed by atoms with Crippen LogP contribution in [0.1, 0.15) is 265 Å². The maximum atomic E-state index is 13.2. The molecule has 0 aromatic heterocycles. The van der Waals surface area contributed by atoms with Crippen LogP contribution < -0.4 is 5.32 Å². The van der Waals surface area contributed by atoms with E-state index < -0.39 is 18.2 Å². The molecule has 0 saturated heterocycles. The molecular weight excluding hydrogens is 803 g/mol. The molecule has 0 aliphatic rings. The summed E-state index contributed by atoms with van der Waals surface area (Å²) in [5.74, 6) is -0.531. The molecule has 65 heavy (non-hydrogen) atoms. The molecule has 0 rings (SSSR count). The average Bonchev–Trinajstić information content (AvgIpc) is 3.30. The van der Waals surface area contributed by atoms with Crippen molar-refractivity contribution in [2.45, 2.75) is 283 Å². The number of esters is 1. The van der Waals surface area contributed by atoms with E-state index in [0.717, 1.165) is 77.0 Å². The topological polar surface area (TPSA) is 95.9 Å². The van der Waals surface area contributed by atoms with Gasteiger partial charge in [0, 0.05) is 6.42 Å². The standard InChI is InChI=1S/C59H105NO5/c1-4-7-10-13-16-19-22-24-26-28-29-31-33-35-37-40-43-46-49-52-59(64)65-55(50-47-44-41-38-36-34-32-30-27-25-23-20-17-14-11-8-5-2)53-58(63)60-56(54-61)57(62)51-48-45-42-39-21-18-15-12-9-6-3/h16-17,19-20,24-27,32,34,38,41,55-57,61-62H,4-15,18,21-23,28-31,33,35-37,39-40,42-54H2,1-3H3,(H,60,63)/b19-16-,20-17-,26-24-,27-25-,34-32-,41-38-. The van der Waals surface area contributed by atoms with E-state index in [-0.39, 0.29) is 24.9 Å². The van der Waals surface area contributed by atoms with E-state index in [1.807, 2.05) is 0 Å². The SMILES string of the molecule is CCCCC/C=C\C/C=C\C/C=C\C/C=C\CCCC(CC(=O)NC(CO)C(O)CCCCCCCCCCCC)OC(=O)CCCCCCCCCCC/C=C\C/C=C\CCCCC. The number of amides is 1. The van der Waals surface area contributed by atoms with Gasteiger partial charge >= 0.3 is 5.97 Å². The van der Waals surface area contributed by atoms with Crippen LogP contribution in [0.3, 0.4) is 0 Å². The maximum absolute atomic E-state index is 13.2. The van der Waals surface area contributed by atoms with Gasteiger partial charge in [-0.1, -0.05) is 229 Å². The van der Waals surface area contributed by atoms with Crippen LogP contribution in [0.4, 0.5) is 0 Å². The predicted molar refractivity (Wildman–Crippen MR) is 282 cm³/mol. The van der Waals surface area contributed by atoms with E-state index in [0.29, 0.717) is 19.3 Å². The highest BCUT2D eigenvalue weighted by atomic mass is 16.5. The van der Waals surface area contributed by atoms with E-state index in [2.05, 4.69) is 99.0 Å². The highest BCUT2D eigenvalue weighted by Gasteiger charge is 2.24. The zero-order chi connectivity index (χ0) is 47.4. The molecule has 0 aliphatic heterocycles. The zero-order valence-electron chi connectivity index (χ0n) is 42.9. The van der Waals surface area contributed by atoms with Gasteiger partial charge in [0.25, 0.3) is 0 Å². The second-order valence-corrected chi connectivity index (χ2v) is 18.6. The predicted octanol–water partition coefficient (Wildman–Crippen LogP) is 17.0. The second kappa shape index (κ2) is 52.3. The number of ether oxygens (including phenoxy) is 1. The van der Waals surface area contributed by atoms with E-state index in [1.54, 1.807) is 0 Å². The van der Waals surface area contributed by atoms with Gasteiger partial charge in [0.15, 0.2) is 0 Å². The first-order chi connectivity index (χ1) is 32.0. The van der Waals surface area contributed by atoms with E-state index >= 15 is 0 Å². The largest absolute Gasteiger partial charge is 0.462 e. The molecule has 3 N–H and O–H groups in total. The number of hydrogen-bond donors (Lipinski definition) is 3. The van der Waals surface area contributed by atoms with Crippen molar-refractivity contribution in [2.75, 3.05) is 6.61 Å². The molecule has 0 spiro atoms. The molecule has 6 heteroatoms. The molecule has 0 aliphatic carbocycles. The van der Waals surface area contributed by atoms with Crippen LogP contribution in [0.25, 0.3) is 0 Å². The van der Waals surface area contributed by atoms with Gasteiger partial charge < -0.3 is 20.3 Å². The van der Waals surface area contributed by atoms with Crippen LogP contribution in [-0.4, -0.2) is 46.9 Å². The van der Waals surface area contributed by atoms with Gasteiger partial charge in [0.05, 0.1) is 25.2 Å². The van der Waals surface area contributed by atoms with Crippen LogP contribution in [0.15, 0.2) is 72.9 Å². The van der Waals surface area contributed by atoms with Crippen molar-refractivity contribution in [1.29, 1.82) is 0 Å². The van der Waals surface area contributed by atoms with Crippen molar-refractivity contribution >= 4 is 11.9 Å². The molecule has 3 atom stereocenters. The third-order valence-electron chi connectivity index (χ3n) is 12.3. The Morgan fingerprint density at radius 1 is 0.446 bits per heavy atom. The van der Waals surface area contributed by atoms with E-state index in [1.165, 1.54) is 141 Å². The lowest BCUT2D eigenvalue weighted by atomic mass is 10.0. The normalized spacial score (nSPS) is 13.7. The molecule has 0 aromatic carbocycles. The van der Waals surface area contributed by atoms with Gasteiger partial charge in [0.1, 0.15) is 6.10 Å². The quantitative estimate of drug-likeness (QED) is 0.0321. The third kappa shape index (κ3) is 47.6. The van der Waals surface area contributed by atoms with Gasteiger partial charge in [-0.3, -0.25) is 9.59 Å². The lowest BCUT2D eigenvalue weighted by Gasteiger charge is -2.24. The molecule has 0 fully saturated rings. The number of aliphatic hydroxyl groups is 2. The Hall–Kier alpha value is -2.70. The number of carbonyl (C=O) groups is 2. The van der Waals surface area contributed by atoms with E-state index in [9.17, 15) is 19.8 Å². The molecule has 376 valence electrons. The highest BCUT2D eigenvalue weighted by molar-refractivity contribution is 5.77. The van der Waals surface area contributed by atoms with Crippen LogP contribution in [-0.2, 0) is 14.3 Å². The fraction of sp³-hybridized carbons (Fsp3) is 0.763. The fourth-order valence-electron chi connectivity index (χ4n) is 8.04. The summed E-state index contributed by atoms with van der Waals surface area (Å²) >= 11 is 0. The van der Waals surface area contributed by atoms with Gasteiger partial charge in [-0.05, 0) is 96.3 Å². The van der Waals surface area contributed by atoms with Gasteiger partial charge in [-0.2, -0.15) is 0 Å². The summed E-state index contributed by atoms with van der Waals surface area (Å²) in [5, 5.41) is 23.7. The Balaban J connectivity index is 4.65. The molecule has 0 bridgehead atoms. The summed E-state index contributed by atoms with van der Waals surface area (Å²) in [6.45, 7) is 6.41. The number of carbonyl (C=O) groups excluding carboxylic acids is 2. The monoisotopic (exact) mass is 908 g/mol. The Labute approximate surface area is 402 Å². The molecule has 0 radical (unpaired) electrons. The first-order valence-corrected chi connectivity index (χ1v) is 27.7. The number of nitrogens with one attached hydrogen (secondary N) is 1. The lowest BCUT2D eigenvalue weighted by molar-refractivity contribution is -0.151. The zero-order valence-corrected chi connectivity index (χ0v) is 42.9. The molecular formula is C59H105NO5. The fourth-order valence-corrected chi connectivity index (χ4v) is 8.04. The first kappa shape index (κ1) is 62.3. The van der Waals surface area contributed by atoms with Gasteiger partial charge in [0.2, 0.25) is 5.91 Å². The minimum Gasteiger partial charge on any atom is -0.462 e. The Morgan fingerprint density at radius 2 is 0.800 bits per heavy atom. The second-order valence-electron chi connectivity index (χ2n) is 18.6. The summed E-state index contributed by atoms with van der Waals surface area (Å²) in [4.78, 5) is 26.2. The molecule has 6 nitrogen and oxygen atoms in total. The summed E-state index contributed by atoms with van der Waals surface area (Å²) in [6.07, 6.45) is 66.8. The van der Waals surface area contributed by atoms with E-state index in [4.69, 9.17) is 4.74 Å². The minimum absolute atomic E-state index is 0.0364. The molecule has 1 amide bonds. The average molecular weight is 908 g/mol. The summed E-state index contributed by atoms with van der Waals surface area (Å²) < 4.78 is 5.92. The summed E-state index contributed by atoms with van der Waals surface area (Å²) in [7, 11) is 0. The Bertz CT molecular complexity index is 1200. The van der Waals surface area contributed by atoms with Crippen LogP contribution >= 0.6 is 0 Å². The van der Waals surface area contributed by atoms with Gasteiger partial charge in [-0.25, -0.2) is 0 Å². The number of aliphatic hydroxyl groups excluding tert-OH is 2. The minimum atomic E-state index is -0.804. The van der Waals surface area contributed by atoms with Crippen LogP contribution in [0.2, 0.25) is 0 Å². The number of hydrogen-bond acceptors (Lipinski definition) is 5. The van der Waals surface area contributed by atoms with Crippen molar-refractivity contribution < 1.29 is 24.5 Å². The Morgan fingerprint density at radius 3 is 1.25 bits per heavy atom. The third-order valence-corrected chi connectivity index (χ3v) is 12.3. The molecule has 3 unspecified atom stereocenters. The van der Waals surface area contributed by atoms with Crippen LogP contribution in [0.5, 0.6) is 0 Å². The summed E-state index contributed by atoms with van der Waals surface area (Å²) in [6, 6.07) is -0.722. The molecule has 0 saturated carbocycles. The number of rotatable bonds is 49. The van der Waals surface area contributed by atoms with Crippen molar-refractivity contribution in [3.8, 4) is 0 Å². The van der Waals surface area contributed by atoms with Crippen LogP contribution in [0, 0.1) is 0 Å². The maximum Gasteiger partial charge on any atom is 0.306 e. The smallest absolute Gasteiger partial charge is 0.306 e. The highest BCUT2D eigenvalue weighted by Crippen LogP contribution is 2.17. The molecule has 0 aromatic rings. The van der Waals surface area contributed by atoms with Crippen molar-refractivity contribution in [2.24, 2.45) is 0 Å². The number of unbranched alkanes of at least 4 members (excludes halogenated alkanes) is 25. The van der Waals surface area contributed by atoms with Gasteiger partial charge in [-0.15, -0.1) is 0 Å². The van der Waals surface area contributed by atoms with Crippen molar-refractivity contribution in [3.05, 3.63) is 72.9 Å².